The van der Waals surface area contributed by atoms with Crippen LogP contribution in [-0.4, -0.2) is 25.2 Å². The molecule has 7 nitrogen and oxygen atoms in total. The first kappa shape index (κ1) is 14.7. The number of fused-ring (bicyclic) bond motifs is 1. The van der Waals surface area contributed by atoms with Crippen LogP contribution in [0.15, 0.2) is 28.9 Å². The summed E-state index contributed by atoms with van der Waals surface area (Å²) in [5.74, 6) is 2.41. The van der Waals surface area contributed by atoms with Crippen molar-refractivity contribution in [2.75, 3.05) is 5.32 Å². The zero-order valence-electron chi connectivity index (χ0n) is 13.7. The number of furan rings is 1. The van der Waals surface area contributed by atoms with E-state index in [-0.39, 0.29) is 5.91 Å². The lowest BCUT2D eigenvalue weighted by molar-refractivity contribution is 0.0994. The number of aromatic nitrogens is 4. The lowest BCUT2D eigenvalue weighted by atomic mass is 9.99. The molecule has 3 aromatic heterocycles. The second-order valence-electron chi connectivity index (χ2n) is 6.12. The first-order valence-electron chi connectivity index (χ1n) is 8.06. The van der Waals surface area contributed by atoms with Gasteiger partial charge in [0.2, 0.25) is 0 Å². The summed E-state index contributed by atoms with van der Waals surface area (Å²) < 4.78 is 9.23. The molecular weight excluding hydrogens is 306 g/mol. The summed E-state index contributed by atoms with van der Waals surface area (Å²) in [6, 6.07) is 3.67. The molecule has 0 radical (unpaired) electrons. The second-order valence-corrected chi connectivity index (χ2v) is 6.12. The molecule has 1 aliphatic rings. The Morgan fingerprint density at radius 1 is 1.25 bits per heavy atom. The van der Waals surface area contributed by atoms with Crippen molar-refractivity contribution in [3.63, 3.8) is 0 Å². The molecule has 0 bridgehead atoms. The topological polar surface area (TPSA) is 77.9 Å². The minimum atomic E-state index is -0.251. The highest BCUT2D eigenvalue weighted by atomic mass is 16.4. The van der Waals surface area contributed by atoms with Gasteiger partial charge in [-0.2, -0.15) is 5.10 Å². The molecular formula is C17H19N5O2. The molecule has 0 unspecified atom stereocenters. The zero-order chi connectivity index (χ0) is 16.7. The number of nitrogens with one attached hydrogen (secondary N) is 1. The quantitative estimate of drug-likeness (QED) is 0.803. The maximum Gasteiger partial charge on any atom is 0.292 e. The van der Waals surface area contributed by atoms with Crippen LogP contribution in [0.3, 0.4) is 0 Å². The molecule has 1 amide bonds. The van der Waals surface area contributed by atoms with Crippen molar-refractivity contribution < 1.29 is 9.21 Å². The predicted molar refractivity (Wildman–Crippen MR) is 88.7 cm³/mol. The van der Waals surface area contributed by atoms with Gasteiger partial charge in [-0.25, -0.2) is 4.98 Å². The second kappa shape index (κ2) is 5.67. The van der Waals surface area contributed by atoms with Crippen LogP contribution in [0.5, 0.6) is 0 Å². The number of anilines is 1. The lowest BCUT2D eigenvalue weighted by Crippen LogP contribution is -2.13. The van der Waals surface area contributed by atoms with Crippen molar-refractivity contribution in [3.05, 3.63) is 41.6 Å². The Morgan fingerprint density at radius 3 is 2.83 bits per heavy atom. The first-order chi connectivity index (χ1) is 11.6. The molecule has 124 valence electrons. The summed E-state index contributed by atoms with van der Waals surface area (Å²) in [6.45, 7) is 0. The highest BCUT2D eigenvalue weighted by Crippen LogP contribution is 2.25. The smallest absolute Gasteiger partial charge is 0.292 e. The van der Waals surface area contributed by atoms with E-state index < -0.39 is 0 Å². The van der Waals surface area contributed by atoms with Gasteiger partial charge in [-0.1, -0.05) is 0 Å². The van der Waals surface area contributed by atoms with Gasteiger partial charge >= 0.3 is 0 Å². The fourth-order valence-electron chi connectivity index (χ4n) is 3.09. The summed E-state index contributed by atoms with van der Waals surface area (Å²) in [4.78, 5) is 16.8. The molecule has 7 heteroatoms. The van der Waals surface area contributed by atoms with Gasteiger partial charge in [-0.3, -0.25) is 9.48 Å². The van der Waals surface area contributed by atoms with Crippen LogP contribution in [0.4, 0.5) is 5.82 Å². The minimum absolute atomic E-state index is 0.251. The van der Waals surface area contributed by atoms with Crippen LogP contribution in [0.2, 0.25) is 0 Å². The SMILES string of the molecule is Cn1ccnc1-c1cc(NC(=O)c2cc3c(o2)CCCC3)n(C)n1. The number of aryl methyl sites for hydroxylation is 4. The first-order valence-corrected chi connectivity index (χ1v) is 8.06. The van der Waals surface area contributed by atoms with Gasteiger partial charge < -0.3 is 14.3 Å². The predicted octanol–water partition coefficient (Wildman–Crippen LogP) is 2.54. The van der Waals surface area contributed by atoms with E-state index in [2.05, 4.69) is 15.4 Å². The van der Waals surface area contributed by atoms with E-state index in [1.54, 1.807) is 17.9 Å². The average Bonchev–Trinajstić information content (AvgIpc) is 3.26. The summed E-state index contributed by atoms with van der Waals surface area (Å²) in [7, 11) is 3.69. The Balaban J connectivity index is 1.57. The maximum absolute atomic E-state index is 12.5. The number of amides is 1. The Kier molecular flexibility index (Phi) is 3.48. The van der Waals surface area contributed by atoms with E-state index >= 15 is 0 Å². The van der Waals surface area contributed by atoms with E-state index in [1.807, 2.05) is 29.9 Å². The molecule has 0 spiro atoms. The van der Waals surface area contributed by atoms with Gasteiger partial charge in [0.05, 0.1) is 0 Å². The average molecular weight is 325 g/mol. The lowest BCUT2D eigenvalue weighted by Gasteiger charge is -2.07. The highest BCUT2D eigenvalue weighted by molar-refractivity contribution is 6.02. The number of nitrogens with zero attached hydrogens (tertiary/aromatic N) is 4. The van der Waals surface area contributed by atoms with E-state index in [4.69, 9.17) is 4.42 Å². The molecule has 3 heterocycles. The molecule has 0 saturated heterocycles. The van der Waals surface area contributed by atoms with Crippen molar-refractivity contribution in [2.24, 2.45) is 14.1 Å². The molecule has 0 aromatic carbocycles. The molecule has 4 rings (SSSR count). The van der Waals surface area contributed by atoms with Crippen LogP contribution in [0.1, 0.15) is 34.7 Å². The normalized spacial score (nSPS) is 13.8. The Hall–Kier alpha value is -2.83. The van der Waals surface area contributed by atoms with Crippen molar-refractivity contribution in [2.45, 2.75) is 25.7 Å². The van der Waals surface area contributed by atoms with Crippen molar-refractivity contribution in [1.29, 1.82) is 0 Å². The Bertz CT molecular complexity index is 879. The number of rotatable bonds is 3. The fourth-order valence-corrected chi connectivity index (χ4v) is 3.09. The highest BCUT2D eigenvalue weighted by Gasteiger charge is 2.20. The molecule has 3 aromatic rings. The summed E-state index contributed by atoms with van der Waals surface area (Å²) >= 11 is 0. The fraction of sp³-hybridized carbons (Fsp3) is 0.353. The van der Waals surface area contributed by atoms with Gasteiger partial charge in [-0.15, -0.1) is 0 Å². The zero-order valence-corrected chi connectivity index (χ0v) is 13.7. The van der Waals surface area contributed by atoms with Gasteiger partial charge in [0, 0.05) is 39.0 Å². The van der Waals surface area contributed by atoms with Gasteiger partial charge in [0.25, 0.3) is 5.91 Å². The Morgan fingerprint density at radius 2 is 2.08 bits per heavy atom. The summed E-state index contributed by atoms with van der Waals surface area (Å²) in [6.07, 6.45) is 7.75. The van der Waals surface area contributed by atoms with Crippen LogP contribution in [-0.2, 0) is 26.9 Å². The molecule has 0 saturated carbocycles. The third kappa shape index (κ3) is 2.51. The van der Waals surface area contributed by atoms with Crippen LogP contribution < -0.4 is 5.32 Å². The molecule has 1 N–H and O–H groups in total. The standard InChI is InChI=1S/C17H19N5O2/c1-21-8-7-18-16(21)12-10-15(22(2)20-12)19-17(23)14-9-11-5-3-4-6-13(11)24-14/h7-10H,3-6H2,1-2H3,(H,19,23). The van der Waals surface area contributed by atoms with Crippen LogP contribution in [0.25, 0.3) is 11.5 Å². The maximum atomic E-state index is 12.5. The minimum Gasteiger partial charge on any atom is -0.456 e. The van der Waals surface area contributed by atoms with E-state index in [9.17, 15) is 4.79 Å². The third-order valence-corrected chi connectivity index (χ3v) is 4.39. The monoisotopic (exact) mass is 325 g/mol. The third-order valence-electron chi connectivity index (χ3n) is 4.39. The van der Waals surface area contributed by atoms with E-state index in [1.165, 1.54) is 0 Å². The van der Waals surface area contributed by atoms with Gasteiger partial charge in [0.15, 0.2) is 11.6 Å². The van der Waals surface area contributed by atoms with Crippen LogP contribution >= 0.6 is 0 Å². The summed E-state index contributed by atoms with van der Waals surface area (Å²) in [5.41, 5.74) is 1.86. The van der Waals surface area contributed by atoms with E-state index in [0.29, 0.717) is 17.3 Å². The van der Waals surface area contributed by atoms with Crippen LogP contribution in [0, 0.1) is 0 Å². The van der Waals surface area contributed by atoms with Crippen molar-refractivity contribution in [3.8, 4) is 11.5 Å². The van der Waals surface area contributed by atoms with E-state index in [0.717, 1.165) is 42.8 Å². The van der Waals surface area contributed by atoms with Gasteiger partial charge in [-0.05, 0) is 30.9 Å². The molecule has 0 fully saturated rings. The number of carbonyl (C=O) groups excluding carboxylic acids is 1. The Labute approximate surface area is 139 Å². The number of hydrogen-bond acceptors (Lipinski definition) is 4. The molecule has 24 heavy (non-hydrogen) atoms. The largest absolute Gasteiger partial charge is 0.456 e. The van der Waals surface area contributed by atoms with Crippen molar-refractivity contribution in [1.82, 2.24) is 19.3 Å². The molecule has 0 aliphatic heterocycles. The van der Waals surface area contributed by atoms with Crippen molar-refractivity contribution >= 4 is 11.7 Å². The van der Waals surface area contributed by atoms with Gasteiger partial charge in [0.1, 0.15) is 17.3 Å². The number of imidazole rings is 1. The molecule has 0 atom stereocenters. The number of carbonyl (C=O) groups is 1. The molecule has 1 aliphatic carbocycles. The number of hydrogen-bond donors (Lipinski definition) is 1. The summed E-state index contributed by atoms with van der Waals surface area (Å²) in [5, 5.41) is 7.28.